The summed E-state index contributed by atoms with van der Waals surface area (Å²) in [6.45, 7) is 1.90. The number of rotatable bonds is 3. The number of nitrogens with one attached hydrogen (secondary N) is 1. The Morgan fingerprint density at radius 3 is 3.11 bits per heavy atom. The van der Waals surface area contributed by atoms with Gasteiger partial charge in [-0.1, -0.05) is 6.42 Å². The molecule has 0 aromatic carbocycles. The fourth-order valence-electron chi connectivity index (χ4n) is 2.56. The van der Waals surface area contributed by atoms with Crippen LogP contribution in [0.3, 0.4) is 0 Å². The van der Waals surface area contributed by atoms with Crippen LogP contribution in [-0.2, 0) is 13.6 Å². The molecule has 2 aromatic heterocycles. The average molecular weight is 245 g/mol. The minimum Gasteiger partial charge on any atom is -0.337 e. The lowest BCUT2D eigenvalue weighted by Gasteiger charge is -2.24. The second kappa shape index (κ2) is 4.94. The van der Waals surface area contributed by atoms with Gasteiger partial charge in [0, 0.05) is 31.7 Å². The molecule has 5 nitrogen and oxygen atoms in total. The third kappa shape index (κ3) is 2.18. The van der Waals surface area contributed by atoms with E-state index in [1.807, 2.05) is 32.0 Å². The molecule has 0 amide bonds. The summed E-state index contributed by atoms with van der Waals surface area (Å²) in [4.78, 5) is 8.66. The quantitative estimate of drug-likeness (QED) is 0.891. The Kier molecular flexibility index (Phi) is 3.15. The first-order valence-electron chi connectivity index (χ1n) is 6.54. The predicted molar refractivity (Wildman–Crippen MR) is 69.1 cm³/mol. The molecule has 0 aliphatic carbocycles. The van der Waals surface area contributed by atoms with Crippen LogP contribution in [0.15, 0.2) is 24.9 Å². The van der Waals surface area contributed by atoms with Crippen LogP contribution in [-0.4, -0.2) is 25.6 Å². The van der Waals surface area contributed by atoms with Gasteiger partial charge in [-0.3, -0.25) is 0 Å². The first-order chi connectivity index (χ1) is 8.84. The Bertz CT molecular complexity index is 507. The van der Waals surface area contributed by atoms with Gasteiger partial charge in [0.25, 0.3) is 0 Å². The highest BCUT2D eigenvalue weighted by Crippen LogP contribution is 2.22. The molecule has 0 spiro atoms. The van der Waals surface area contributed by atoms with E-state index in [1.165, 1.54) is 25.0 Å². The van der Waals surface area contributed by atoms with Crippen molar-refractivity contribution in [3.63, 3.8) is 0 Å². The van der Waals surface area contributed by atoms with Crippen LogP contribution in [0.1, 0.15) is 36.8 Å². The van der Waals surface area contributed by atoms with Crippen molar-refractivity contribution in [2.75, 3.05) is 6.54 Å². The lowest BCUT2D eigenvalue weighted by molar-refractivity contribution is 0.395. The van der Waals surface area contributed by atoms with Gasteiger partial charge in [0.05, 0.1) is 18.6 Å². The summed E-state index contributed by atoms with van der Waals surface area (Å²) < 4.78 is 4.25. The molecule has 0 radical (unpaired) electrons. The molecule has 0 bridgehead atoms. The van der Waals surface area contributed by atoms with Gasteiger partial charge in [0.2, 0.25) is 0 Å². The van der Waals surface area contributed by atoms with E-state index < -0.39 is 0 Å². The maximum atomic E-state index is 4.37. The number of nitrogens with zero attached hydrogens (tertiary/aromatic N) is 4. The van der Waals surface area contributed by atoms with Crippen molar-refractivity contribution in [3.05, 3.63) is 36.4 Å². The zero-order valence-corrected chi connectivity index (χ0v) is 10.7. The summed E-state index contributed by atoms with van der Waals surface area (Å²) in [7, 11) is 2.03. The predicted octanol–water partition coefficient (Wildman–Crippen LogP) is 1.48. The molecule has 3 rings (SSSR count). The zero-order valence-electron chi connectivity index (χ0n) is 10.7. The number of hydrogen-bond acceptors (Lipinski definition) is 3. The molecule has 3 heterocycles. The molecule has 0 saturated carbocycles. The van der Waals surface area contributed by atoms with Gasteiger partial charge >= 0.3 is 0 Å². The van der Waals surface area contributed by atoms with Crippen molar-refractivity contribution in [1.82, 2.24) is 24.4 Å². The molecule has 1 aliphatic heterocycles. The third-order valence-electron chi connectivity index (χ3n) is 3.64. The van der Waals surface area contributed by atoms with Crippen molar-refractivity contribution in [1.29, 1.82) is 0 Å². The highest BCUT2D eigenvalue weighted by atomic mass is 15.1. The molecular formula is C13H19N5. The highest BCUT2D eigenvalue weighted by Gasteiger charge is 2.18. The first-order valence-corrected chi connectivity index (χ1v) is 6.54. The Balaban J connectivity index is 1.80. The Hall–Kier alpha value is -1.62. The molecule has 1 N–H and O–H groups in total. The Labute approximate surface area is 107 Å². The monoisotopic (exact) mass is 245 g/mol. The van der Waals surface area contributed by atoms with Crippen LogP contribution in [0.4, 0.5) is 0 Å². The normalized spacial score (nSPS) is 20.2. The number of piperidine rings is 1. The summed E-state index contributed by atoms with van der Waals surface area (Å²) in [5.74, 6) is 1.06. The van der Waals surface area contributed by atoms with Crippen molar-refractivity contribution in [2.45, 2.75) is 31.8 Å². The Morgan fingerprint density at radius 1 is 1.44 bits per heavy atom. The van der Waals surface area contributed by atoms with E-state index in [9.17, 15) is 0 Å². The number of aromatic nitrogens is 4. The molecule has 1 saturated heterocycles. The Morgan fingerprint density at radius 2 is 2.39 bits per heavy atom. The maximum absolute atomic E-state index is 4.37. The molecule has 1 fully saturated rings. The number of hydrogen-bond donors (Lipinski definition) is 1. The zero-order chi connectivity index (χ0) is 12.4. The van der Waals surface area contributed by atoms with Gasteiger partial charge in [-0.05, 0) is 19.4 Å². The van der Waals surface area contributed by atoms with Gasteiger partial charge < -0.3 is 14.5 Å². The molecule has 5 heteroatoms. The summed E-state index contributed by atoms with van der Waals surface area (Å²) in [5, 5.41) is 3.57. The van der Waals surface area contributed by atoms with Gasteiger partial charge in [0.1, 0.15) is 5.82 Å². The fraction of sp³-hybridized carbons (Fsp3) is 0.538. The maximum Gasteiger partial charge on any atom is 0.128 e. The van der Waals surface area contributed by atoms with E-state index in [1.54, 1.807) is 0 Å². The molecule has 18 heavy (non-hydrogen) atoms. The molecular weight excluding hydrogens is 226 g/mol. The average Bonchev–Trinajstić information content (AvgIpc) is 3.01. The van der Waals surface area contributed by atoms with Crippen molar-refractivity contribution in [2.24, 2.45) is 7.05 Å². The van der Waals surface area contributed by atoms with E-state index in [-0.39, 0.29) is 0 Å². The van der Waals surface area contributed by atoms with E-state index in [4.69, 9.17) is 0 Å². The third-order valence-corrected chi connectivity index (χ3v) is 3.64. The lowest BCUT2D eigenvalue weighted by Crippen LogP contribution is -2.28. The van der Waals surface area contributed by atoms with E-state index in [0.717, 1.165) is 18.9 Å². The smallest absolute Gasteiger partial charge is 0.128 e. The summed E-state index contributed by atoms with van der Waals surface area (Å²) >= 11 is 0. The van der Waals surface area contributed by atoms with Crippen LogP contribution in [0.5, 0.6) is 0 Å². The summed E-state index contributed by atoms with van der Waals surface area (Å²) in [6.07, 6.45) is 11.5. The van der Waals surface area contributed by atoms with E-state index >= 15 is 0 Å². The van der Waals surface area contributed by atoms with E-state index in [2.05, 4.69) is 24.4 Å². The molecule has 1 unspecified atom stereocenters. The summed E-state index contributed by atoms with van der Waals surface area (Å²) in [5.41, 5.74) is 1.28. The van der Waals surface area contributed by atoms with Gasteiger partial charge in [-0.15, -0.1) is 0 Å². The van der Waals surface area contributed by atoms with Crippen LogP contribution in [0.25, 0.3) is 0 Å². The lowest BCUT2D eigenvalue weighted by atomic mass is 10.0. The van der Waals surface area contributed by atoms with Gasteiger partial charge in [0.15, 0.2) is 0 Å². The topological polar surface area (TPSA) is 47.7 Å². The van der Waals surface area contributed by atoms with Gasteiger partial charge in [-0.2, -0.15) is 0 Å². The minimum absolute atomic E-state index is 0.446. The second-order valence-electron chi connectivity index (χ2n) is 4.90. The minimum atomic E-state index is 0.446. The van der Waals surface area contributed by atoms with Crippen LogP contribution in [0.2, 0.25) is 0 Å². The molecule has 1 aliphatic rings. The first kappa shape index (κ1) is 11.5. The van der Waals surface area contributed by atoms with Crippen LogP contribution in [0, 0.1) is 0 Å². The largest absolute Gasteiger partial charge is 0.337 e. The van der Waals surface area contributed by atoms with Crippen molar-refractivity contribution < 1.29 is 0 Å². The van der Waals surface area contributed by atoms with Crippen LogP contribution >= 0.6 is 0 Å². The van der Waals surface area contributed by atoms with Crippen molar-refractivity contribution >= 4 is 0 Å². The highest BCUT2D eigenvalue weighted by molar-refractivity contribution is 5.08. The molecule has 1 atom stereocenters. The summed E-state index contributed by atoms with van der Waals surface area (Å²) in [6, 6.07) is 0.446. The van der Waals surface area contributed by atoms with Gasteiger partial charge in [-0.25, -0.2) is 9.97 Å². The van der Waals surface area contributed by atoms with E-state index in [0.29, 0.717) is 6.04 Å². The van der Waals surface area contributed by atoms with Crippen molar-refractivity contribution in [3.8, 4) is 0 Å². The standard InChI is InChI=1S/C13H19N5/c1-17-7-6-16-13(17)9-18-10-14-8-12(18)11-4-2-3-5-15-11/h6-8,10-11,15H,2-5,9H2,1H3. The number of aryl methyl sites for hydroxylation is 1. The SMILES string of the molecule is Cn1ccnc1Cn1cncc1C1CCCCN1. The molecule has 2 aromatic rings. The second-order valence-corrected chi connectivity index (χ2v) is 4.90. The van der Waals surface area contributed by atoms with Crippen LogP contribution < -0.4 is 5.32 Å². The molecule has 96 valence electrons. The fourth-order valence-corrected chi connectivity index (χ4v) is 2.56. The number of imidazole rings is 2.